The Morgan fingerprint density at radius 2 is 2.15 bits per heavy atom. The number of carbonyl (C=O) groups is 1. The van der Waals surface area contributed by atoms with Crippen LogP contribution in [-0.2, 0) is 0 Å². The van der Waals surface area contributed by atoms with E-state index in [0.29, 0.717) is 11.1 Å². The largest absolute Gasteiger partial charge is 0.478 e. The normalized spacial score (nSPS) is 12.5. The third kappa shape index (κ3) is 2.06. The van der Waals surface area contributed by atoms with E-state index in [4.69, 9.17) is 10.8 Å². The molecule has 0 aliphatic carbocycles. The van der Waals surface area contributed by atoms with Crippen molar-refractivity contribution in [2.24, 2.45) is 5.73 Å². The van der Waals surface area contributed by atoms with Crippen LogP contribution in [0.25, 0.3) is 0 Å². The van der Waals surface area contributed by atoms with Crippen molar-refractivity contribution < 1.29 is 9.90 Å². The lowest BCUT2D eigenvalue weighted by molar-refractivity contribution is 0.0695. The minimum atomic E-state index is -0.920. The van der Waals surface area contributed by atoms with Crippen LogP contribution in [0.15, 0.2) is 18.2 Å². The van der Waals surface area contributed by atoms with Gasteiger partial charge < -0.3 is 10.8 Å². The lowest BCUT2D eigenvalue weighted by atomic mass is 10.00. The van der Waals surface area contributed by atoms with Gasteiger partial charge in [-0.3, -0.25) is 0 Å². The van der Waals surface area contributed by atoms with Gasteiger partial charge in [-0.05, 0) is 25.5 Å². The highest BCUT2D eigenvalue weighted by Crippen LogP contribution is 2.17. The van der Waals surface area contributed by atoms with E-state index in [9.17, 15) is 4.79 Å². The quantitative estimate of drug-likeness (QED) is 0.726. The molecule has 0 aromatic heterocycles. The minimum absolute atomic E-state index is 0.244. The van der Waals surface area contributed by atoms with Gasteiger partial charge in [-0.1, -0.05) is 17.7 Å². The van der Waals surface area contributed by atoms with Crippen LogP contribution in [0.2, 0.25) is 0 Å². The summed E-state index contributed by atoms with van der Waals surface area (Å²) in [7, 11) is 0. The Morgan fingerprint density at radius 1 is 1.54 bits per heavy atom. The number of hydrogen-bond donors (Lipinski definition) is 2. The molecule has 0 bridgehead atoms. The van der Waals surface area contributed by atoms with Crippen molar-refractivity contribution in [3.8, 4) is 0 Å². The van der Waals surface area contributed by atoms with E-state index < -0.39 is 5.97 Å². The van der Waals surface area contributed by atoms with E-state index in [1.54, 1.807) is 19.1 Å². The van der Waals surface area contributed by atoms with E-state index in [1.165, 1.54) is 0 Å². The number of carboxylic acid groups (broad SMARTS) is 1. The molecular formula is C10H13NO2. The zero-order valence-corrected chi connectivity index (χ0v) is 7.74. The summed E-state index contributed by atoms with van der Waals surface area (Å²) in [6, 6.07) is 5.03. The molecule has 1 aromatic carbocycles. The number of carboxylic acids is 1. The second kappa shape index (κ2) is 3.58. The first-order valence-electron chi connectivity index (χ1n) is 4.12. The average Bonchev–Trinajstić information content (AvgIpc) is 2.03. The number of nitrogens with two attached hydrogens (primary N) is 1. The standard InChI is InChI=1S/C10H13NO2/c1-6-3-4-8(7(2)11)9(5-6)10(12)13/h3-5,7H,11H2,1-2H3,(H,12,13)/t7-/m1/s1. The van der Waals surface area contributed by atoms with E-state index >= 15 is 0 Å². The van der Waals surface area contributed by atoms with E-state index in [2.05, 4.69) is 0 Å². The summed E-state index contributed by atoms with van der Waals surface area (Å²) < 4.78 is 0. The predicted octanol–water partition coefficient (Wildman–Crippen LogP) is 1.71. The summed E-state index contributed by atoms with van der Waals surface area (Å²) in [5.41, 5.74) is 7.55. The van der Waals surface area contributed by atoms with Gasteiger partial charge in [0.2, 0.25) is 0 Å². The molecule has 0 fully saturated rings. The van der Waals surface area contributed by atoms with Gasteiger partial charge in [-0.2, -0.15) is 0 Å². The molecule has 0 aliphatic heterocycles. The van der Waals surface area contributed by atoms with Crippen molar-refractivity contribution in [2.45, 2.75) is 19.9 Å². The molecule has 0 radical (unpaired) electrons. The smallest absolute Gasteiger partial charge is 0.336 e. The first-order valence-corrected chi connectivity index (χ1v) is 4.12. The molecule has 0 unspecified atom stereocenters. The van der Waals surface area contributed by atoms with Gasteiger partial charge in [0.1, 0.15) is 0 Å². The summed E-state index contributed by atoms with van der Waals surface area (Å²) in [4.78, 5) is 10.8. The van der Waals surface area contributed by atoms with E-state index in [0.717, 1.165) is 5.56 Å². The fourth-order valence-electron chi connectivity index (χ4n) is 1.25. The fourth-order valence-corrected chi connectivity index (χ4v) is 1.25. The van der Waals surface area contributed by atoms with E-state index in [-0.39, 0.29) is 6.04 Å². The van der Waals surface area contributed by atoms with Gasteiger partial charge in [0.25, 0.3) is 0 Å². The predicted molar refractivity (Wildman–Crippen MR) is 50.7 cm³/mol. The summed E-state index contributed by atoms with van der Waals surface area (Å²) in [5.74, 6) is -0.920. The third-order valence-electron chi connectivity index (χ3n) is 1.93. The maximum Gasteiger partial charge on any atom is 0.336 e. The molecule has 3 N–H and O–H groups in total. The van der Waals surface area contributed by atoms with Crippen LogP contribution in [0, 0.1) is 6.92 Å². The van der Waals surface area contributed by atoms with Crippen molar-refractivity contribution >= 4 is 5.97 Å². The highest BCUT2D eigenvalue weighted by atomic mass is 16.4. The summed E-state index contributed by atoms with van der Waals surface area (Å²) in [5, 5.41) is 8.88. The molecular weight excluding hydrogens is 166 g/mol. The van der Waals surface area contributed by atoms with Gasteiger partial charge >= 0.3 is 5.97 Å². The molecule has 1 aromatic rings. The molecule has 3 nitrogen and oxygen atoms in total. The third-order valence-corrected chi connectivity index (χ3v) is 1.93. The van der Waals surface area contributed by atoms with Crippen LogP contribution in [0.3, 0.4) is 0 Å². The monoisotopic (exact) mass is 179 g/mol. The van der Waals surface area contributed by atoms with E-state index in [1.807, 2.05) is 13.0 Å². The Morgan fingerprint density at radius 3 is 2.62 bits per heavy atom. The van der Waals surface area contributed by atoms with Crippen molar-refractivity contribution in [2.75, 3.05) is 0 Å². The van der Waals surface area contributed by atoms with Crippen molar-refractivity contribution in [1.82, 2.24) is 0 Å². The molecule has 0 saturated carbocycles. The molecule has 0 aliphatic rings. The SMILES string of the molecule is Cc1ccc([C@@H](C)N)c(C(=O)O)c1. The van der Waals surface area contributed by atoms with Gasteiger partial charge in [0.15, 0.2) is 0 Å². The van der Waals surface area contributed by atoms with Crippen LogP contribution in [0.4, 0.5) is 0 Å². The Kier molecular flexibility index (Phi) is 2.68. The van der Waals surface area contributed by atoms with Crippen LogP contribution in [0.1, 0.15) is 34.5 Å². The number of hydrogen-bond acceptors (Lipinski definition) is 2. The molecule has 0 heterocycles. The Balaban J connectivity index is 3.27. The van der Waals surface area contributed by atoms with Crippen molar-refractivity contribution in [3.05, 3.63) is 34.9 Å². The lowest BCUT2D eigenvalue weighted by Gasteiger charge is -2.09. The van der Waals surface area contributed by atoms with Crippen LogP contribution >= 0.6 is 0 Å². The zero-order valence-electron chi connectivity index (χ0n) is 7.74. The van der Waals surface area contributed by atoms with Gasteiger partial charge in [-0.25, -0.2) is 4.79 Å². The second-order valence-corrected chi connectivity index (χ2v) is 3.18. The highest BCUT2D eigenvalue weighted by molar-refractivity contribution is 5.89. The summed E-state index contributed by atoms with van der Waals surface area (Å²) in [6.07, 6.45) is 0. The Labute approximate surface area is 77.2 Å². The molecule has 0 saturated heterocycles. The Hall–Kier alpha value is -1.35. The molecule has 3 heteroatoms. The summed E-state index contributed by atoms with van der Waals surface area (Å²) >= 11 is 0. The minimum Gasteiger partial charge on any atom is -0.478 e. The first-order chi connectivity index (χ1) is 6.02. The number of benzene rings is 1. The van der Waals surface area contributed by atoms with Gasteiger partial charge in [-0.15, -0.1) is 0 Å². The average molecular weight is 179 g/mol. The van der Waals surface area contributed by atoms with Crippen LogP contribution in [0.5, 0.6) is 0 Å². The second-order valence-electron chi connectivity index (χ2n) is 3.18. The zero-order chi connectivity index (χ0) is 10.0. The lowest BCUT2D eigenvalue weighted by Crippen LogP contribution is -2.11. The first kappa shape index (κ1) is 9.74. The molecule has 13 heavy (non-hydrogen) atoms. The fraction of sp³-hybridized carbons (Fsp3) is 0.300. The molecule has 1 atom stereocenters. The maximum atomic E-state index is 10.8. The topological polar surface area (TPSA) is 63.3 Å². The number of aromatic carboxylic acids is 1. The maximum absolute atomic E-state index is 10.8. The van der Waals surface area contributed by atoms with Gasteiger partial charge in [0.05, 0.1) is 5.56 Å². The van der Waals surface area contributed by atoms with Gasteiger partial charge in [0, 0.05) is 6.04 Å². The van der Waals surface area contributed by atoms with Crippen LogP contribution < -0.4 is 5.73 Å². The van der Waals surface area contributed by atoms with Crippen LogP contribution in [-0.4, -0.2) is 11.1 Å². The molecule has 0 amide bonds. The van der Waals surface area contributed by atoms with Crippen molar-refractivity contribution in [1.29, 1.82) is 0 Å². The number of rotatable bonds is 2. The Bertz CT molecular complexity index is 332. The summed E-state index contributed by atoms with van der Waals surface area (Å²) in [6.45, 7) is 3.63. The molecule has 1 rings (SSSR count). The van der Waals surface area contributed by atoms with Crippen molar-refractivity contribution in [3.63, 3.8) is 0 Å². The molecule has 0 spiro atoms. The highest BCUT2D eigenvalue weighted by Gasteiger charge is 2.12. The molecule has 70 valence electrons. The number of aryl methyl sites for hydroxylation is 1.